The van der Waals surface area contributed by atoms with Gasteiger partial charge >= 0.3 is 11.9 Å². The molecule has 3 aliphatic heterocycles. The molecule has 2 fully saturated rings. The normalized spacial score (nSPS) is 41.0. The quantitative estimate of drug-likeness (QED) is 0.405. The maximum absolute atomic E-state index is 12.5. The summed E-state index contributed by atoms with van der Waals surface area (Å²) in [6.07, 6.45) is 2.53. The molecule has 2 saturated heterocycles. The van der Waals surface area contributed by atoms with Gasteiger partial charge in [0.25, 0.3) is 0 Å². The van der Waals surface area contributed by atoms with Crippen molar-refractivity contribution in [3.8, 4) is 0 Å². The van der Waals surface area contributed by atoms with Crippen molar-refractivity contribution in [2.45, 2.75) is 44.9 Å². The van der Waals surface area contributed by atoms with E-state index in [0.717, 1.165) is 25.1 Å². The Kier molecular flexibility index (Phi) is 4.30. The summed E-state index contributed by atoms with van der Waals surface area (Å²) >= 11 is 0. The molecule has 0 spiro atoms. The zero-order valence-electron chi connectivity index (χ0n) is 14.4. The highest BCUT2D eigenvalue weighted by atomic mass is 16.6. The van der Waals surface area contributed by atoms with Gasteiger partial charge in [0.15, 0.2) is 5.60 Å². The molecule has 0 bridgehead atoms. The maximum Gasteiger partial charge on any atom is 0.338 e. The first-order valence-corrected chi connectivity index (χ1v) is 8.45. The molecule has 0 aromatic carbocycles. The lowest BCUT2D eigenvalue weighted by molar-refractivity contribution is -0.170. The number of carbonyl (C=O) groups excluding carboxylic acids is 2. The highest BCUT2D eigenvalue weighted by Crippen LogP contribution is 2.35. The monoisotopic (exact) mass is 335 g/mol. The number of aliphatic hydroxyl groups is 1. The molecule has 6 heteroatoms. The molecule has 132 valence electrons. The summed E-state index contributed by atoms with van der Waals surface area (Å²) in [4.78, 5) is 27.1. The van der Waals surface area contributed by atoms with Gasteiger partial charge in [-0.15, -0.1) is 0 Å². The molecule has 0 radical (unpaired) electrons. The fraction of sp³-hybridized carbons (Fsp3) is 0.667. The van der Waals surface area contributed by atoms with Crippen molar-refractivity contribution < 1.29 is 24.2 Å². The number of ether oxygens (including phenoxy) is 2. The van der Waals surface area contributed by atoms with E-state index < -0.39 is 29.4 Å². The molecular formula is C18H25NO5. The highest BCUT2D eigenvalue weighted by molar-refractivity contribution is 5.89. The van der Waals surface area contributed by atoms with Gasteiger partial charge in [-0.2, -0.15) is 0 Å². The van der Waals surface area contributed by atoms with Crippen molar-refractivity contribution in [3.63, 3.8) is 0 Å². The van der Waals surface area contributed by atoms with Gasteiger partial charge < -0.3 is 14.6 Å². The minimum absolute atomic E-state index is 0.0494. The molecule has 0 aromatic rings. The van der Waals surface area contributed by atoms with Crippen molar-refractivity contribution in [1.29, 1.82) is 0 Å². The van der Waals surface area contributed by atoms with Crippen LogP contribution in [0.3, 0.4) is 0 Å². The largest absolute Gasteiger partial charge is 0.459 e. The van der Waals surface area contributed by atoms with Gasteiger partial charge in [0, 0.05) is 24.6 Å². The van der Waals surface area contributed by atoms with Crippen LogP contribution in [0.5, 0.6) is 0 Å². The Morgan fingerprint density at radius 3 is 2.79 bits per heavy atom. The summed E-state index contributed by atoms with van der Waals surface area (Å²) in [5.74, 6) is -2.05. The summed E-state index contributed by atoms with van der Waals surface area (Å²) < 4.78 is 11.1. The molecule has 0 saturated carbocycles. The van der Waals surface area contributed by atoms with E-state index in [2.05, 4.69) is 11.5 Å². The summed E-state index contributed by atoms with van der Waals surface area (Å²) in [5, 5.41) is 10.6. The molecule has 0 unspecified atom stereocenters. The van der Waals surface area contributed by atoms with Crippen LogP contribution in [0, 0.1) is 11.8 Å². The molecule has 5 atom stereocenters. The van der Waals surface area contributed by atoms with Crippen LogP contribution in [0.25, 0.3) is 0 Å². The van der Waals surface area contributed by atoms with E-state index in [1.54, 1.807) is 13.8 Å². The number of nitrogens with zero attached hydrogens (tertiary/aromatic N) is 1. The first-order valence-electron chi connectivity index (χ1n) is 8.45. The van der Waals surface area contributed by atoms with Gasteiger partial charge in [-0.3, -0.25) is 4.90 Å². The Labute approximate surface area is 142 Å². The predicted octanol–water partition coefficient (Wildman–Crippen LogP) is 1.05. The van der Waals surface area contributed by atoms with E-state index in [-0.39, 0.29) is 24.3 Å². The van der Waals surface area contributed by atoms with Gasteiger partial charge in [0.1, 0.15) is 12.7 Å². The third-order valence-corrected chi connectivity index (χ3v) is 5.90. The van der Waals surface area contributed by atoms with Crippen LogP contribution in [0.1, 0.15) is 27.2 Å². The smallest absolute Gasteiger partial charge is 0.338 e. The van der Waals surface area contributed by atoms with Crippen LogP contribution in [0.2, 0.25) is 0 Å². The molecule has 24 heavy (non-hydrogen) atoms. The number of hydrogen-bond acceptors (Lipinski definition) is 6. The van der Waals surface area contributed by atoms with Crippen LogP contribution in [-0.2, 0) is 19.1 Å². The predicted molar refractivity (Wildman–Crippen MR) is 87.0 cm³/mol. The Balaban J connectivity index is 1.92. The van der Waals surface area contributed by atoms with Crippen molar-refractivity contribution in [1.82, 2.24) is 4.90 Å². The highest BCUT2D eigenvalue weighted by Gasteiger charge is 2.46. The van der Waals surface area contributed by atoms with Gasteiger partial charge in [0.2, 0.25) is 0 Å². The first-order chi connectivity index (χ1) is 11.2. The fourth-order valence-electron chi connectivity index (χ4n) is 3.79. The number of carbonyl (C=O) groups is 2. The van der Waals surface area contributed by atoms with Gasteiger partial charge in [-0.25, -0.2) is 9.59 Å². The van der Waals surface area contributed by atoms with Crippen LogP contribution in [-0.4, -0.2) is 59.4 Å². The SMILES string of the molecule is C=C1C(=O)O[C@@H]2CCN3CC=C(COC(=O)[C@@](C)(O)[C@@H](C)[C@@H]1C)[C@H]23. The first kappa shape index (κ1) is 17.2. The second-order valence-electron chi connectivity index (χ2n) is 7.28. The van der Waals surface area contributed by atoms with E-state index in [1.165, 1.54) is 6.92 Å². The van der Waals surface area contributed by atoms with E-state index in [1.807, 2.05) is 6.08 Å². The molecule has 0 amide bonds. The van der Waals surface area contributed by atoms with Gasteiger partial charge in [-0.05, 0) is 24.8 Å². The van der Waals surface area contributed by atoms with Crippen LogP contribution in [0.4, 0.5) is 0 Å². The Morgan fingerprint density at radius 1 is 1.38 bits per heavy atom. The zero-order chi connectivity index (χ0) is 17.6. The van der Waals surface area contributed by atoms with Gasteiger partial charge in [-0.1, -0.05) is 26.5 Å². The van der Waals surface area contributed by atoms with Crippen LogP contribution < -0.4 is 0 Å². The lowest BCUT2D eigenvalue weighted by Gasteiger charge is -2.34. The topological polar surface area (TPSA) is 76.1 Å². The van der Waals surface area contributed by atoms with E-state index in [4.69, 9.17) is 9.47 Å². The molecule has 0 aromatic heterocycles. The van der Waals surface area contributed by atoms with Crippen LogP contribution >= 0.6 is 0 Å². The Hall–Kier alpha value is -1.66. The second-order valence-corrected chi connectivity index (χ2v) is 7.28. The lowest BCUT2D eigenvalue weighted by atomic mass is 9.78. The summed E-state index contributed by atoms with van der Waals surface area (Å²) in [5.41, 5.74) is -0.491. The minimum atomic E-state index is -1.70. The Morgan fingerprint density at radius 2 is 2.08 bits per heavy atom. The van der Waals surface area contributed by atoms with Crippen molar-refractivity contribution in [2.75, 3.05) is 19.7 Å². The minimum Gasteiger partial charge on any atom is -0.459 e. The molecular weight excluding hydrogens is 310 g/mol. The number of rotatable bonds is 0. The molecule has 0 aliphatic carbocycles. The van der Waals surface area contributed by atoms with Crippen molar-refractivity contribution in [2.24, 2.45) is 11.8 Å². The third kappa shape index (κ3) is 2.67. The third-order valence-electron chi connectivity index (χ3n) is 5.90. The average Bonchev–Trinajstić information content (AvgIpc) is 3.12. The van der Waals surface area contributed by atoms with E-state index in [0.29, 0.717) is 0 Å². The standard InChI is InChI=1S/C18H25NO5/c1-10-11(2)16(20)24-14-6-8-19-7-5-13(15(14)19)9-23-17(21)18(4,22)12(10)3/h5,10,12,14-15,22H,2,6-9H2,1,3-4H3/t10-,12+,14-,15-,18+/m1/s1. The number of cyclic esters (lactones) is 1. The van der Waals surface area contributed by atoms with Crippen molar-refractivity contribution >= 4 is 11.9 Å². The second kappa shape index (κ2) is 6.01. The lowest BCUT2D eigenvalue weighted by Crippen LogP contribution is -2.47. The van der Waals surface area contributed by atoms with E-state index >= 15 is 0 Å². The molecule has 3 aliphatic rings. The molecule has 3 rings (SSSR count). The molecule has 3 heterocycles. The molecule has 1 N–H and O–H groups in total. The van der Waals surface area contributed by atoms with Gasteiger partial charge in [0.05, 0.1) is 6.04 Å². The summed E-state index contributed by atoms with van der Waals surface area (Å²) in [7, 11) is 0. The zero-order valence-corrected chi connectivity index (χ0v) is 14.4. The fourth-order valence-corrected chi connectivity index (χ4v) is 3.79. The number of esters is 2. The molecule has 6 nitrogen and oxygen atoms in total. The summed E-state index contributed by atoms with van der Waals surface area (Å²) in [6.45, 7) is 10.5. The summed E-state index contributed by atoms with van der Waals surface area (Å²) in [6, 6.07) is -0.0494. The number of hydrogen-bond donors (Lipinski definition) is 1. The maximum atomic E-state index is 12.5. The average molecular weight is 335 g/mol. The van der Waals surface area contributed by atoms with Crippen LogP contribution in [0.15, 0.2) is 23.8 Å². The van der Waals surface area contributed by atoms with E-state index in [9.17, 15) is 14.7 Å². The Bertz CT molecular complexity index is 609. The van der Waals surface area contributed by atoms with Crippen molar-refractivity contribution in [3.05, 3.63) is 23.8 Å².